The minimum absolute atomic E-state index is 0.782. The van der Waals surface area contributed by atoms with Gasteiger partial charge in [-0.2, -0.15) is 0 Å². The predicted molar refractivity (Wildman–Crippen MR) is 102 cm³/mol. The van der Waals surface area contributed by atoms with E-state index in [9.17, 15) is 0 Å². The number of hydrogen-bond donors (Lipinski definition) is 1. The summed E-state index contributed by atoms with van der Waals surface area (Å²) in [6, 6.07) is 0. The Kier molecular flexibility index (Phi) is 5.81. The summed E-state index contributed by atoms with van der Waals surface area (Å²) < 4.78 is 5.48. The van der Waals surface area contributed by atoms with E-state index >= 15 is 0 Å². The number of nitrogens with zero attached hydrogens (tertiary/aromatic N) is 3. The van der Waals surface area contributed by atoms with Crippen LogP contribution in [0.1, 0.15) is 39.0 Å². The molecule has 2 saturated heterocycles. The van der Waals surface area contributed by atoms with Crippen molar-refractivity contribution < 1.29 is 4.74 Å². The van der Waals surface area contributed by atoms with Gasteiger partial charge in [0, 0.05) is 45.8 Å². The Morgan fingerprint density at radius 3 is 2.44 bits per heavy atom. The van der Waals surface area contributed by atoms with Crippen LogP contribution in [-0.4, -0.2) is 74.8 Å². The molecule has 4 rings (SSSR count). The van der Waals surface area contributed by atoms with Crippen LogP contribution in [0.5, 0.6) is 0 Å². The number of morpholine rings is 1. The maximum atomic E-state index is 5.48. The first kappa shape index (κ1) is 17.6. The van der Waals surface area contributed by atoms with Crippen molar-refractivity contribution in [3.8, 4) is 0 Å². The normalized spacial score (nSPS) is 28.8. The molecule has 2 saturated carbocycles. The molecule has 1 N–H and O–H groups in total. The third kappa shape index (κ3) is 4.88. The van der Waals surface area contributed by atoms with Crippen LogP contribution in [0, 0.1) is 23.7 Å². The van der Waals surface area contributed by atoms with E-state index in [1.807, 2.05) is 0 Å². The van der Waals surface area contributed by atoms with Crippen LogP contribution >= 0.6 is 0 Å². The molecular formula is C20H36N4O. The number of hydrogen-bond acceptors (Lipinski definition) is 3. The first-order valence-corrected chi connectivity index (χ1v) is 10.7. The Labute approximate surface area is 153 Å². The maximum absolute atomic E-state index is 5.48. The maximum Gasteiger partial charge on any atom is 0.193 e. The number of aliphatic imine (C=N–C) groups is 1. The summed E-state index contributed by atoms with van der Waals surface area (Å²) in [5.41, 5.74) is 0. The molecule has 5 heteroatoms. The molecule has 5 nitrogen and oxygen atoms in total. The minimum Gasteiger partial charge on any atom is -0.379 e. The number of likely N-dealkylation sites (tertiary alicyclic amines) is 1. The predicted octanol–water partition coefficient (Wildman–Crippen LogP) is 2.04. The fraction of sp³-hybridized carbons (Fsp3) is 0.950. The van der Waals surface area contributed by atoms with E-state index in [1.165, 1.54) is 57.7 Å². The Balaban J connectivity index is 1.30. The summed E-state index contributed by atoms with van der Waals surface area (Å²) in [4.78, 5) is 10.2. The monoisotopic (exact) mass is 348 g/mol. The fourth-order valence-corrected chi connectivity index (χ4v) is 4.67. The highest BCUT2D eigenvalue weighted by Crippen LogP contribution is 2.49. The third-order valence-corrected chi connectivity index (χ3v) is 6.45. The second kappa shape index (κ2) is 8.26. The van der Waals surface area contributed by atoms with Crippen LogP contribution in [0.4, 0.5) is 0 Å². The van der Waals surface area contributed by atoms with Gasteiger partial charge in [0.1, 0.15) is 0 Å². The first-order valence-electron chi connectivity index (χ1n) is 10.7. The Morgan fingerprint density at radius 2 is 1.80 bits per heavy atom. The topological polar surface area (TPSA) is 40.1 Å². The fourth-order valence-electron chi connectivity index (χ4n) is 4.67. The van der Waals surface area contributed by atoms with E-state index in [0.717, 1.165) is 63.1 Å². The SMILES string of the molecule is CCNC(=NCC(C1CC1)C1CC1)N1CC[C@H](CN2CCOCC2)C1. The highest BCUT2D eigenvalue weighted by atomic mass is 16.5. The highest BCUT2D eigenvalue weighted by Gasteiger charge is 2.41. The quantitative estimate of drug-likeness (QED) is 0.565. The summed E-state index contributed by atoms with van der Waals surface area (Å²) in [6.07, 6.45) is 7.13. The Hall–Kier alpha value is -0.810. The molecule has 0 spiro atoms. The summed E-state index contributed by atoms with van der Waals surface area (Å²) >= 11 is 0. The molecule has 0 amide bonds. The van der Waals surface area contributed by atoms with Gasteiger partial charge in [0.05, 0.1) is 13.2 Å². The molecular weight excluding hydrogens is 312 g/mol. The molecule has 2 aliphatic heterocycles. The Bertz CT molecular complexity index is 443. The molecule has 1 atom stereocenters. The van der Waals surface area contributed by atoms with E-state index in [4.69, 9.17) is 9.73 Å². The van der Waals surface area contributed by atoms with Crippen LogP contribution in [0.15, 0.2) is 4.99 Å². The molecule has 0 aromatic heterocycles. The molecule has 2 heterocycles. The lowest BCUT2D eigenvalue weighted by Crippen LogP contribution is -2.42. The summed E-state index contributed by atoms with van der Waals surface area (Å²) in [7, 11) is 0. The number of ether oxygens (including phenoxy) is 1. The molecule has 142 valence electrons. The van der Waals surface area contributed by atoms with E-state index in [-0.39, 0.29) is 0 Å². The number of guanidine groups is 1. The molecule has 0 unspecified atom stereocenters. The van der Waals surface area contributed by atoms with Gasteiger partial charge in [0.25, 0.3) is 0 Å². The average Bonchev–Trinajstić information content (AvgIpc) is 3.56. The van der Waals surface area contributed by atoms with Crippen LogP contribution in [0.2, 0.25) is 0 Å². The molecule has 0 aromatic rings. The van der Waals surface area contributed by atoms with Gasteiger partial charge >= 0.3 is 0 Å². The molecule has 0 bridgehead atoms. The average molecular weight is 349 g/mol. The van der Waals surface area contributed by atoms with Crippen molar-refractivity contribution in [2.75, 3.05) is 59.0 Å². The van der Waals surface area contributed by atoms with Crippen molar-refractivity contribution in [1.29, 1.82) is 0 Å². The molecule has 4 fully saturated rings. The van der Waals surface area contributed by atoms with Gasteiger partial charge < -0.3 is 15.0 Å². The van der Waals surface area contributed by atoms with Crippen LogP contribution in [-0.2, 0) is 4.74 Å². The zero-order valence-electron chi connectivity index (χ0n) is 16.0. The van der Waals surface area contributed by atoms with Gasteiger partial charge in [-0.15, -0.1) is 0 Å². The number of rotatable bonds is 7. The van der Waals surface area contributed by atoms with Gasteiger partial charge in [0.2, 0.25) is 0 Å². The van der Waals surface area contributed by atoms with Crippen molar-refractivity contribution in [3.05, 3.63) is 0 Å². The van der Waals surface area contributed by atoms with E-state index in [1.54, 1.807) is 0 Å². The largest absolute Gasteiger partial charge is 0.379 e. The Morgan fingerprint density at radius 1 is 1.08 bits per heavy atom. The minimum atomic E-state index is 0.782. The van der Waals surface area contributed by atoms with Gasteiger partial charge in [-0.3, -0.25) is 9.89 Å². The molecule has 25 heavy (non-hydrogen) atoms. The van der Waals surface area contributed by atoms with Gasteiger partial charge in [-0.1, -0.05) is 0 Å². The van der Waals surface area contributed by atoms with Gasteiger partial charge in [0.15, 0.2) is 5.96 Å². The lowest BCUT2D eigenvalue weighted by atomic mass is 9.98. The van der Waals surface area contributed by atoms with E-state index < -0.39 is 0 Å². The molecule has 2 aliphatic carbocycles. The van der Waals surface area contributed by atoms with Crippen LogP contribution < -0.4 is 5.32 Å². The van der Waals surface area contributed by atoms with Crippen LogP contribution in [0.3, 0.4) is 0 Å². The second-order valence-electron chi connectivity index (χ2n) is 8.55. The zero-order chi connectivity index (χ0) is 17.1. The standard InChI is InChI=1S/C20H36N4O/c1-2-21-20(22-13-19(17-3-4-17)18-5-6-18)24-8-7-16(15-24)14-23-9-11-25-12-10-23/h16-19H,2-15H2,1H3,(H,21,22)/t16-/m1/s1. The lowest BCUT2D eigenvalue weighted by Gasteiger charge is -2.29. The third-order valence-electron chi connectivity index (χ3n) is 6.45. The van der Waals surface area contributed by atoms with E-state index in [2.05, 4.69) is 22.0 Å². The molecule has 0 aromatic carbocycles. The zero-order valence-corrected chi connectivity index (χ0v) is 16.0. The van der Waals surface area contributed by atoms with Crippen molar-refractivity contribution in [2.24, 2.45) is 28.7 Å². The lowest BCUT2D eigenvalue weighted by molar-refractivity contribution is 0.0315. The summed E-state index contributed by atoms with van der Waals surface area (Å²) in [5.74, 6) is 4.82. The van der Waals surface area contributed by atoms with Crippen molar-refractivity contribution in [1.82, 2.24) is 15.1 Å². The first-order chi connectivity index (χ1) is 12.3. The van der Waals surface area contributed by atoms with E-state index in [0.29, 0.717) is 0 Å². The highest BCUT2D eigenvalue weighted by molar-refractivity contribution is 5.80. The number of nitrogens with one attached hydrogen (secondary N) is 1. The van der Waals surface area contributed by atoms with Gasteiger partial charge in [-0.05, 0) is 62.7 Å². The van der Waals surface area contributed by atoms with Crippen molar-refractivity contribution >= 4 is 5.96 Å². The van der Waals surface area contributed by atoms with Crippen LogP contribution in [0.25, 0.3) is 0 Å². The van der Waals surface area contributed by atoms with Crippen molar-refractivity contribution in [3.63, 3.8) is 0 Å². The smallest absolute Gasteiger partial charge is 0.193 e. The second-order valence-corrected chi connectivity index (χ2v) is 8.55. The summed E-state index contributed by atoms with van der Waals surface area (Å²) in [6.45, 7) is 11.8. The summed E-state index contributed by atoms with van der Waals surface area (Å²) in [5, 5.41) is 3.57. The van der Waals surface area contributed by atoms with Gasteiger partial charge in [-0.25, -0.2) is 0 Å². The van der Waals surface area contributed by atoms with Crippen molar-refractivity contribution in [2.45, 2.75) is 39.0 Å². The molecule has 4 aliphatic rings. The molecule has 0 radical (unpaired) electrons.